The Hall–Kier alpha value is -2.08. The predicted molar refractivity (Wildman–Crippen MR) is 88.1 cm³/mol. The first-order valence-corrected chi connectivity index (χ1v) is 7.87. The smallest absolute Gasteiger partial charge is 0.311 e. The lowest BCUT2D eigenvalue weighted by atomic mass is 10.0. The molecule has 126 valence electrons. The second-order valence-corrected chi connectivity index (χ2v) is 5.98. The number of nitrogens with one attached hydrogen (secondary N) is 1. The van der Waals surface area contributed by atoms with E-state index in [0.717, 1.165) is 37.2 Å². The van der Waals surface area contributed by atoms with Gasteiger partial charge in [-0.1, -0.05) is 12.1 Å². The number of nitrogens with zero attached hydrogens (tertiary/aromatic N) is 2. The Morgan fingerprint density at radius 1 is 1.26 bits per heavy atom. The Morgan fingerprint density at radius 2 is 1.87 bits per heavy atom. The van der Waals surface area contributed by atoms with Crippen LogP contribution in [0.5, 0.6) is 5.75 Å². The lowest BCUT2D eigenvalue weighted by molar-refractivity contribution is -0.147. The maximum atomic E-state index is 12.2. The van der Waals surface area contributed by atoms with Crippen LogP contribution in [0, 0.1) is 0 Å². The summed E-state index contributed by atoms with van der Waals surface area (Å²) in [4.78, 5) is 28.1. The molecule has 0 unspecified atom stereocenters. The zero-order valence-corrected chi connectivity index (χ0v) is 14.0. The van der Waals surface area contributed by atoms with Crippen molar-refractivity contribution in [2.24, 2.45) is 0 Å². The molecule has 0 atom stereocenters. The lowest BCUT2D eigenvalue weighted by Crippen LogP contribution is -2.49. The van der Waals surface area contributed by atoms with Gasteiger partial charge in [-0.15, -0.1) is 0 Å². The van der Waals surface area contributed by atoms with E-state index in [4.69, 9.17) is 4.74 Å². The molecule has 1 aliphatic rings. The van der Waals surface area contributed by atoms with E-state index < -0.39 is 11.8 Å². The molecule has 1 N–H and O–H groups in total. The van der Waals surface area contributed by atoms with Gasteiger partial charge in [0.1, 0.15) is 5.75 Å². The van der Waals surface area contributed by atoms with Gasteiger partial charge >= 0.3 is 11.8 Å². The molecule has 2 rings (SSSR count). The number of likely N-dealkylation sites (N-methyl/N-ethyl adjacent to an activating group) is 1. The highest BCUT2D eigenvalue weighted by Crippen LogP contribution is 2.14. The third-order valence-corrected chi connectivity index (χ3v) is 4.36. The number of amides is 2. The highest BCUT2D eigenvalue weighted by atomic mass is 16.5. The molecule has 6 heteroatoms. The van der Waals surface area contributed by atoms with Gasteiger partial charge in [-0.05, 0) is 50.7 Å². The van der Waals surface area contributed by atoms with E-state index in [1.165, 1.54) is 0 Å². The first-order valence-electron chi connectivity index (χ1n) is 7.87. The summed E-state index contributed by atoms with van der Waals surface area (Å²) in [6, 6.07) is 7.53. The van der Waals surface area contributed by atoms with Crippen LogP contribution in [0.3, 0.4) is 0 Å². The molecule has 1 heterocycles. The van der Waals surface area contributed by atoms with Gasteiger partial charge in [0, 0.05) is 19.6 Å². The number of piperidine rings is 1. The molecule has 1 aromatic carbocycles. The molecular formula is C17H25N3O3. The third-order valence-electron chi connectivity index (χ3n) is 4.36. The first kappa shape index (κ1) is 17.3. The van der Waals surface area contributed by atoms with Crippen molar-refractivity contribution in [3.05, 3.63) is 29.8 Å². The van der Waals surface area contributed by atoms with E-state index in [1.807, 2.05) is 24.3 Å². The summed E-state index contributed by atoms with van der Waals surface area (Å²) >= 11 is 0. The number of methoxy groups -OCH3 is 1. The zero-order valence-electron chi connectivity index (χ0n) is 14.0. The van der Waals surface area contributed by atoms with Crippen molar-refractivity contribution < 1.29 is 14.3 Å². The number of hydrogen-bond acceptors (Lipinski definition) is 4. The molecule has 1 aliphatic heterocycles. The molecule has 1 saturated heterocycles. The Morgan fingerprint density at radius 3 is 2.43 bits per heavy atom. The highest BCUT2D eigenvalue weighted by Gasteiger charge is 2.27. The Bertz CT molecular complexity index is 537. The average molecular weight is 319 g/mol. The number of carbonyl (C=O) groups is 2. The summed E-state index contributed by atoms with van der Waals surface area (Å²) in [5, 5.41) is 2.68. The fourth-order valence-electron chi connectivity index (χ4n) is 2.71. The van der Waals surface area contributed by atoms with Gasteiger partial charge in [-0.2, -0.15) is 0 Å². The van der Waals surface area contributed by atoms with Crippen LogP contribution < -0.4 is 10.1 Å². The number of ether oxygens (including phenoxy) is 1. The van der Waals surface area contributed by atoms with Crippen LogP contribution in [-0.4, -0.2) is 62.0 Å². The van der Waals surface area contributed by atoms with Gasteiger partial charge in [0.25, 0.3) is 0 Å². The molecule has 1 fully saturated rings. The average Bonchev–Trinajstić information content (AvgIpc) is 2.59. The highest BCUT2D eigenvalue weighted by molar-refractivity contribution is 6.34. The molecule has 6 nitrogen and oxygen atoms in total. The van der Waals surface area contributed by atoms with Crippen LogP contribution in [0.2, 0.25) is 0 Å². The minimum absolute atomic E-state index is 0.144. The van der Waals surface area contributed by atoms with E-state index >= 15 is 0 Å². The van der Waals surface area contributed by atoms with Gasteiger partial charge in [0.2, 0.25) is 0 Å². The second kappa shape index (κ2) is 7.97. The van der Waals surface area contributed by atoms with Crippen LogP contribution in [0.4, 0.5) is 0 Å². The predicted octanol–water partition coefficient (Wildman–Crippen LogP) is 0.864. The van der Waals surface area contributed by atoms with Crippen molar-refractivity contribution >= 4 is 11.8 Å². The molecular weight excluding hydrogens is 294 g/mol. The summed E-state index contributed by atoms with van der Waals surface area (Å²) < 4.78 is 5.09. The lowest BCUT2D eigenvalue weighted by Gasteiger charge is -2.34. The third kappa shape index (κ3) is 4.69. The van der Waals surface area contributed by atoms with Gasteiger partial charge in [-0.3, -0.25) is 9.59 Å². The fraction of sp³-hybridized carbons (Fsp3) is 0.529. The number of benzene rings is 1. The Balaban J connectivity index is 1.83. The van der Waals surface area contributed by atoms with Crippen molar-refractivity contribution in [2.75, 3.05) is 34.3 Å². The van der Waals surface area contributed by atoms with E-state index in [9.17, 15) is 9.59 Å². The molecule has 0 aliphatic carbocycles. The summed E-state index contributed by atoms with van der Waals surface area (Å²) in [5.41, 5.74) is 0.925. The number of likely N-dealkylation sites (tertiary alicyclic amines) is 1. The minimum Gasteiger partial charge on any atom is -0.497 e. The van der Waals surface area contributed by atoms with E-state index in [0.29, 0.717) is 6.54 Å². The molecule has 0 radical (unpaired) electrons. The van der Waals surface area contributed by atoms with Crippen molar-refractivity contribution in [1.29, 1.82) is 0 Å². The largest absolute Gasteiger partial charge is 0.497 e. The summed E-state index contributed by atoms with van der Waals surface area (Å²) in [7, 11) is 5.39. The van der Waals surface area contributed by atoms with E-state index in [1.54, 1.807) is 19.1 Å². The van der Waals surface area contributed by atoms with Crippen molar-refractivity contribution in [2.45, 2.75) is 25.4 Å². The number of hydrogen-bond donors (Lipinski definition) is 1. The van der Waals surface area contributed by atoms with E-state index in [-0.39, 0.29) is 6.04 Å². The maximum Gasteiger partial charge on any atom is 0.311 e. The van der Waals surface area contributed by atoms with Crippen LogP contribution >= 0.6 is 0 Å². The van der Waals surface area contributed by atoms with Crippen molar-refractivity contribution in [1.82, 2.24) is 15.1 Å². The van der Waals surface area contributed by atoms with Gasteiger partial charge < -0.3 is 19.9 Å². The van der Waals surface area contributed by atoms with Crippen LogP contribution in [0.1, 0.15) is 18.4 Å². The normalized spacial score (nSPS) is 16.0. The quantitative estimate of drug-likeness (QED) is 0.837. The standard InChI is InChI=1S/C17H25N3O3/c1-19-10-8-14(9-11-19)20(2)17(22)16(21)18-12-13-4-6-15(23-3)7-5-13/h4-7,14H,8-12H2,1-3H3,(H,18,21). The van der Waals surface area contributed by atoms with E-state index in [2.05, 4.69) is 17.3 Å². The molecule has 23 heavy (non-hydrogen) atoms. The SMILES string of the molecule is COc1ccc(CNC(=O)C(=O)N(C)C2CCN(C)CC2)cc1. The van der Waals surface area contributed by atoms with Crippen molar-refractivity contribution in [3.63, 3.8) is 0 Å². The first-order chi connectivity index (χ1) is 11.0. The van der Waals surface area contributed by atoms with Crippen molar-refractivity contribution in [3.8, 4) is 5.75 Å². The number of carbonyl (C=O) groups excluding carboxylic acids is 2. The molecule has 0 saturated carbocycles. The molecule has 0 aromatic heterocycles. The molecule has 0 bridgehead atoms. The van der Waals surface area contributed by atoms with Gasteiger partial charge in [0.05, 0.1) is 7.11 Å². The monoisotopic (exact) mass is 319 g/mol. The molecule has 2 amide bonds. The molecule has 0 spiro atoms. The fourth-order valence-corrected chi connectivity index (χ4v) is 2.71. The Kier molecular flexibility index (Phi) is 5.98. The van der Waals surface area contributed by atoms with Crippen LogP contribution in [-0.2, 0) is 16.1 Å². The minimum atomic E-state index is -0.553. The Labute approximate surface area is 137 Å². The van der Waals surface area contributed by atoms with Gasteiger partial charge in [-0.25, -0.2) is 0 Å². The van der Waals surface area contributed by atoms with Crippen LogP contribution in [0.25, 0.3) is 0 Å². The van der Waals surface area contributed by atoms with Gasteiger partial charge in [0.15, 0.2) is 0 Å². The summed E-state index contributed by atoms with van der Waals surface area (Å²) in [6.45, 7) is 2.24. The summed E-state index contributed by atoms with van der Waals surface area (Å²) in [5.74, 6) is -0.256. The number of rotatable bonds is 4. The molecule has 1 aromatic rings. The second-order valence-electron chi connectivity index (χ2n) is 5.98. The maximum absolute atomic E-state index is 12.2. The summed E-state index contributed by atoms with van der Waals surface area (Å²) in [6.07, 6.45) is 1.81. The van der Waals surface area contributed by atoms with Crippen LogP contribution in [0.15, 0.2) is 24.3 Å². The topological polar surface area (TPSA) is 61.9 Å². The zero-order chi connectivity index (χ0) is 16.8.